The Labute approximate surface area is 201 Å². The summed E-state index contributed by atoms with van der Waals surface area (Å²) >= 11 is 1.38. The Bertz CT molecular complexity index is 1490. The van der Waals surface area contributed by atoms with Gasteiger partial charge in [0.15, 0.2) is 0 Å². The molecule has 0 aliphatic rings. The third-order valence-electron chi connectivity index (χ3n) is 5.42. The van der Waals surface area contributed by atoms with Crippen LogP contribution in [0.5, 0.6) is 0 Å². The molecule has 0 fully saturated rings. The van der Waals surface area contributed by atoms with Gasteiger partial charge in [0.2, 0.25) is 15.9 Å². The van der Waals surface area contributed by atoms with Gasteiger partial charge in [-0.3, -0.25) is 14.2 Å². The monoisotopic (exact) mass is 496 g/mol. The Morgan fingerprint density at radius 3 is 2.53 bits per heavy atom. The van der Waals surface area contributed by atoms with Gasteiger partial charge in [-0.1, -0.05) is 50.2 Å². The first kappa shape index (κ1) is 23.8. The van der Waals surface area contributed by atoms with E-state index in [-0.39, 0.29) is 17.0 Å². The first-order chi connectivity index (χ1) is 16.3. The molecule has 0 spiro atoms. The SMILES string of the molecule is CCN(CC)S(=O)(=O)c1cccc(NC(=O)Cn2cnc3scc(-c4ccccc4)c3c2=O)c1. The number of hydrogen-bond donors (Lipinski definition) is 1. The molecule has 10 heteroatoms. The van der Waals surface area contributed by atoms with Gasteiger partial charge in [0, 0.05) is 29.7 Å². The number of carbonyl (C=O) groups excluding carboxylic acids is 1. The van der Waals surface area contributed by atoms with Gasteiger partial charge < -0.3 is 5.32 Å². The summed E-state index contributed by atoms with van der Waals surface area (Å²) in [4.78, 5) is 30.9. The van der Waals surface area contributed by atoms with Crippen molar-refractivity contribution in [2.75, 3.05) is 18.4 Å². The number of nitrogens with zero attached hydrogens (tertiary/aromatic N) is 3. The van der Waals surface area contributed by atoms with E-state index in [4.69, 9.17) is 0 Å². The van der Waals surface area contributed by atoms with Crippen LogP contribution in [0.3, 0.4) is 0 Å². The predicted molar refractivity (Wildman–Crippen MR) is 134 cm³/mol. The number of anilines is 1. The largest absolute Gasteiger partial charge is 0.324 e. The van der Waals surface area contributed by atoms with Crippen LogP contribution in [0.1, 0.15) is 13.8 Å². The number of aromatic nitrogens is 2. The van der Waals surface area contributed by atoms with E-state index in [1.165, 1.54) is 38.7 Å². The van der Waals surface area contributed by atoms with Crippen LogP contribution in [0.4, 0.5) is 5.69 Å². The number of benzene rings is 2. The fourth-order valence-electron chi connectivity index (χ4n) is 3.71. The Morgan fingerprint density at radius 1 is 1.09 bits per heavy atom. The van der Waals surface area contributed by atoms with Crippen LogP contribution in [0, 0.1) is 0 Å². The molecule has 8 nitrogen and oxygen atoms in total. The van der Waals surface area contributed by atoms with Crippen molar-refractivity contribution < 1.29 is 13.2 Å². The van der Waals surface area contributed by atoms with Crippen LogP contribution >= 0.6 is 11.3 Å². The fraction of sp³-hybridized carbons (Fsp3) is 0.208. The van der Waals surface area contributed by atoms with Crippen molar-refractivity contribution >= 4 is 43.2 Å². The first-order valence-electron chi connectivity index (χ1n) is 10.8. The van der Waals surface area contributed by atoms with Gasteiger partial charge in [-0.15, -0.1) is 11.3 Å². The van der Waals surface area contributed by atoms with Crippen LogP contribution in [0.2, 0.25) is 0 Å². The number of thiophene rings is 1. The van der Waals surface area contributed by atoms with Gasteiger partial charge >= 0.3 is 0 Å². The molecule has 0 saturated carbocycles. The summed E-state index contributed by atoms with van der Waals surface area (Å²) < 4.78 is 28.2. The second-order valence-corrected chi connectivity index (χ2v) is 10.3. The number of nitrogens with one attached hydrogen (secondary N) is 1. The number of rotatable bonds is 8. The highest BCUT2D eigenvalue weighted by Crippen LogP contribution is 2.30. The lowest BCUT2D eigenvalue weighted by Crippen LogP contribution is -2.30. The molecule has 0 aliphatic heterocycles. The van der Waals surface area contributed by atoms with Crippen molar-refractivity contribution in [2.24, 2.45) is 0 Å². The number of hydrogen-bond acceptors (Lipinski definition) is 6. The predicted octanol–water partition coefficient (Wildman–Crippen LogP) is 3.79. The van der Waals surface area contributed by atoms with Crippen molar-refractivity contribution in [1.82, 2.24) is 13.9 Å². The highest BCUT2D eigenvalue weighted by molar-refractivity contribution is 7.89. The minimum Gasteiger partial charge on any atom is -0.324 e. The van der Waals surface area contributed by atoms with Crippen LogP contribution in [-0.4, -0.2) is 41.3 Å². The van der Waals surface area contributed by atoms with Crippen LogP contribution in [0.25, 0.3) is 21.3 Å². The zero-order valence-corrected chi connectivity index (χ0v) is 20.4. The molecule has 1 amide bonds. The smallest absolute Gasteiger partial charge is 0.263 e. The Balaban J connectivity index is 1.58. The van der Waals surface area contributed by atoms with Gasteiger partial charge in [0.1, 0.15) is 11.4 Å². The number of sulfonamides is 1. The first-order valence-corrected chi connectivity index (χ1v) is 13.1. The van der Waals surface area contributed by atoms with Crippen molar-refractivity contribution in [2.45, 2.75) is 25.3 Å². The molecule has 1 N–H and O–H groups in total. The van der Waals surface area contributed by atoms with Crippen molar-refractivity contribution in [1.29, 1.82) is 0 Å². The highest BCUT2D eigenvalue weighted by atomic mass is 32.2. The van der Waals surface area contributed by atoms with Crippen LogP contribution in [0.15, 0.2) is 76.0 Å². The molecule has 0 unspecified atom stereocenters. The van der Waals surface area contributed by atoms with Crippen LogP contribution in [-0.2, 0) is 21.4 Å². The van der Waals surface area contributed by atoms with E-state index in [9.17, 15) is 18.0 Å². The lowest BCUT2D eigenvalue weighted by Gasteiger charge is -2.18. The van der Waals surface area contributed by atoms with E-state index in [0.717, 1.165) is 11.1 Å². The van der Waals surface area contributed by atoms with E-state index in [2.05, 4.69) is 10.3 Å². The van der Waals surface area contributed by atoms with Gasteiger partial charge in [0.05, 0.1) is 16.6 Å². The molecule has 4 aromatic rings. The third-order valence-corrected chi connectivity index (χ3v) is 8.35. The minimum absolute atomic E-state index is 0.0972. The lowest BCUT2D eigenvalue weighted by atomic mass is 10.1. The normalized spacial score (nSPS) is 11.7. The molecule has 176 valence electrons. The van der Waals surface area contributed by atoms with Gasteiger partial charge in [-0.2, -0.15) is 4.31 Å². The van der Waals surface area contributed by atoms with Gasteiger partial charge in [0.25, 0.3) is 5.56 Å². The molecule has 2 aromatic heterocycles. The second-order valence-electron chi connectivity index (χ2n) is 7.54. The quantitative estimate of drug-likeness (QED) is 0.400. The van der Waals surface area contributed by atoms with Crippen molar-refractivity contribution in [3.63, 3.8) is 0 Å². The van der Waals surface area contributed by atoms with E-state index < -0.39 is 15.9 Å². The molecular formula is C24H24N4O4S2. The minimum atomic E-state index is -3.66. The molecule has 2 aromatic carbocycles. The highest BCUT2D eigenvalue weighted by Gasteiger charge is 2.22. The summed E-state index contributed by atoms with van der Waals surface area (Å²) in [5, 5.41) is 5.05. The molecule has 34 heavy (non-hydrogen) atoms. The summed E-state index contributed by atoms with van der Waals surface area (Å²) in [6, 6.07) is 15.6. The second kappa shape index (κ2) is 9.88. The molecule has 0 saturated heterocycles. The zero-order chi connectivity index (χ0) is 24.3. The number of fused-ring (bicyclic) bond motifs is 1. The topological polar surface area (TPSA) is 101 Å². The molecule has 0 aliphatic carbocycles. The Morgan fingerprint density at radius 2 is 1.82 bits per heavy atom. The molecule has 2 heterocycles. The van der Waals surface area contributed by atoms with Crippen molar-refractivity contribution in [3.8, 4) is 11.1 Å². The Hall–Kier alpha value is -3.34. The summed E-state index contributed by atoms with van der Waals surface area (Å²) in [7, 11) is -3.66. The van der Waals surface area contributed by atoms with Gasteiger partial charge in [-0.25, -0.2) is 13.4 Å². The maximum Gasteiger partial charge on any atom is 0.263 e. The maximum absolute atomic E-state index is 13.2. The molecular weight excluding hydrogens is 472 g/mol. The average molecular weight is 497 g/mol. The molecule has 0 atom stereocenters. The summed E-state index contributed by atoms with van der Waals surface area (Å²) in [5.41, 5.74) is 1.71. The fourth-order valence-corrected chi connectivity index (χ4v) is 6.12. The zero-order valence-electron chi connectivity index (χ0n) is 18.8. The number of carbonyl (C=O) groups is 1. The van der Waals surface area contributed by atoms with E-state index in [1.807, 2.05) is 35.7 Å². The van der Waals surface area contributed by atoms with Crippen LogP contribution < -0.4 is 10.9 Å². The maximum atomic E-state index is 13.2. The van der Waals surface area contributed by atoms with E-state index in [1.54, 1.807) is 26.0 Å². The van der Waals surface area contributed by atoms with E-state index >= 15 is 0 Å². The summed E-state index contributed by atoms with van der Waals surface area (Å²) in [6.45, 7) is 3.99. The number of amides is 1. The van der Waals surface area contributed by atoms with E-state index in [0.29, 0.717) is 29.0 Å². The van der Waals surface area contributed by atoms with Crippen molar-refractivity contribution in [3.05, 3.63) is 76.7 Å². The lowest BCUT2D eigenvalue weighted by molar-refractivity contribution is -0.116. The molecule has 0 bridgehead atoms. The molecule has 4 rings (SSSR count). The third kappa shape index (κ3) is 4.65. The Kier molecular flexibility index (Phi) is 6.92. The molecule has 0 radical (unpaired) electrons. The van der Waals surface area contributed by atoms with Gasteiger partial charge in [-0.05, 0) is 23.8 Å². The summed E-state index contributed by atoms with van der Waals surface area (Å²) in [5.74, 6) is -0.461. The standard InChI is InChI=1S/C24H24N4O4S2/c1-3-28(4-2)34(31,32)19-12-8-11-18(13-19)26-21(29)14-27-16-25-23-22(24(27)30)20(15-33-23)17-9-6-5-7-10-17/h5-13,15-16H,3-4,14H2,1-2H3,(H,26,29). The summed E-state index contributed by atoms with van der Waals surface area (Å²) in [6.07, 6.45) is 1.36. The average Bonchev–Trinajstić information content (AvgIpc) is 3.27.